The maximum Gasteiger partial charge on any atom is 0.256 e. The second-order valence-corrected chi connectivity index (χ2v) is 6.72. The van der Waals surface area contributed by atoms with Crippen molar-refractivity contribution in [3.63, 3.8) is 0 Å². The number of amides is 1. The zero-order valence-electron chi connectivity index (χ0n) is 15.5. The van der Waals surface area contributed by atoms with Crippen molar-refractivity contribution >= 4 is 34.4 Å². The zero-order chi connectivity index (χ0) is 20.4. The number of halogens is 1. The summed E-state index contributed by atoms with van der Waals surface area (Å²) < 4.78 is 6.94. The van der Waals surface area contributed by atoms with Crippen molar-refractivity contribution < 1.29 is 14.6 Å². The van der Waals surface area contributed by atoms with Crippen LogP contribution in [0, 0.1) is 0 Å². The van der Waals surface area contributed by atoms with Gasteiger partial charge in [-0.1, -0.05) is 23.7 Å². The molecule has 0 saturated heterocycles. The Hall–Kier alpha value is -3.36. The minimum Gasteiger partial charge on any atom is -0.490 e. The summed E-state index contributed by atoms with van der Waals surface area (Å²) in [5.74, 6) is 1.11. The number of nitrogens with one attached hydrogen (secondary N) is 2. The van der Waals surface area contributed by atoms with E-state index in [9.17, 15) is 4.79 Å². The molecule has 29 heavy (non-hydrogen) atoms. The van der Waals surface area contributed by atoms with Crippen molar-refractivity contribution in [2.24, 2.45) is 7.05 Å². The third kappa shape index (κ3) is 3.94. The van der Waals surface area contributed by atoms with Gasteiger partial charge in [0.15, 0.2) is 11.6 Å². The van der Waals surface area contributed by atoms with E-state index in [1.54, 1.807) is 29.9 Å². The van der Waals surface area contributed by atoms with Crippen molar-refractivity contribution in [2.75, 3.05) is 18.5 Å². The molecule has 3 N–H and O–H groups in total. The molecule has 2 aromatic heterocycles. The lowest BCUT2D eigenvalue weighted by Crippen LogP contribution is -2.12. The number of anilines is 1. The second-order valence-electron chi connectivity index (χ2n) is 6.31. The van der Waals surface area contributed by atoms with E-state index in [1.165, 1.54) is 6.07 Å². The quantitative estimate of drug-likeness (QED) is 0.451. The first-order valence-corrected chi connectivity index (χ1v) is 9.26. The number of ether oxygens (including phenoxy) is 1. The van der Waals surface area contributed by atoms with Gasteiger partial charge in [-0.2, -0.15) is 5.10 Å². The molecule has 4 aromatic rings. The Morgan fingerprint density at radius 2 is 2.10 bits per heavy atom. The maximum absolute atomic E-state index is 12.6. The number of benzene rings is 2. The summed E-state index contributed by atoms with van der Waals surface area (Å²) in [5.41, 5.74) is 2.88. The number of aryl methyl sites for hydroxylation is 1. The number of H-pyrrole nitrogens is 1. The van der Waals surface area contributed by atoms with E-state index >= 15 is 0 Å². The predicted octanol–water partition coefficient (Wildman–Crippen LogP) is 3.24. The summed E-state index contributed by atoms with van der Waals surface area (Å²) in [5, 5.41) is 16.2. The first-order valence-electron chi connectivity index (χ1n) is 8.89. The molecule has 0 spiro atoms. The first kappa shape index (κ1) is 19.0. The molecular formula is C20H18ClN5O3. The van der Waals surface area contributed by atoms with E-state index < -0.39 is 0 Å². The Kier molecular flexibility index (Phi) is 5.20. The molecule has 9 heteroatoms. The van der Waals surface area contributed by atoms with E-state index in [2.05, 4.69) is 20.4 Å². The molecule has 0 aliphatic rings. The highest BCUT2D eigenvalue weighted by Gasteiger charge is 2.15. The van der Waals surface area contributed by atoms with Crippen LogP contribution in [0.15, 0.2) is 48.5 Å². The largest absolute Gasteiger partial charge is 0.490 e. The van der Waals surface area contributed by atoms with E-state index in [0.717, 1.165) is 16.7 Å². The number of aromatic nitrogens is 4. The molecule has 0 radical (unpaired) electrons. The highest BCUT2D eigenvalue weighted by molar-refractivity contribution is 6.32. The molecule has 0 atom stereocenters. The number of carbonyl (C=O) groups excluding carboxylic acids is 1. The van der Waals surface area contributed by atoms with Gasteiger partial charge in [-0.05, 0) is 30.3 Å². The number of hydrogen-bond acceptors (Lipinski definition) is 5. The van der Waals surface area contributed by atoms with Gasteiger partial charge in [0.1, 0.15) is 18.1 Å². The highest BCUT2D eigenvalue weighted by Crippen LogP contribution is 2.26. The van der Waals surface area contributed by atoms with Gasteiger partial charge in [0.05, 0.1) is 22.7 Å². The van der Waals surface area contributed by atoms with Gasteiger partial charge in [-0.3, -0.25) is 9.48 Å². The van der Waals surface area contributed by atoms with Gasteiger partial charge >= 0.3 is 0 Å². The van der Waals surface area contributed by atoms with Crippen LogP contribution in [-0.4, -0.2) is 44.0 Å². The minimum absolute atomic E-state index is 0.119. The number of nitrogens with zero attached hydrogens (tertiary/aromatic N) is 3. The molecule has 0 aliphatic heterocycles. The molecule has 1 amide bonds. The Morgan fingerprint density at radius 3 is 2.86 bits per heavy atom. The van der Waals surface area contributed by atoms with Gasteiger partial charge in [-0.15, -0.1) is 0 Å². The Bertz CT molecular complexity index is 1150. The summed E-state index contributed by atoms with van der Waals surface area (Å²) in [4.78, 5) is 20.4. The standard InChI is InChI=1S/C20H18ClN5O3/c1-26-16(19-22-14-4-2-3-5-15(14)23-19)11-18(25-26)24-20(28)12-6-7-17(13(21)10-12)29-9-8-27/h2-7,10-11,27H,8-9H2,1H3,(H,22,23)(H,24,25,28). The van der Waals surface area contributed by atoms with Crippen LogP contribution >= 0.6 is 11.6 Å². The van der Waals surface area contributed by atoms with Crippen molar-refractivity contribution in [3.8, 4) is 17.3 Å². The molecule has 0 bridgehead atoms. The lowest BCUT2D eigenvalue weighted by molar-refractivity contribution is 0.102. The number of aliphatic hydroxyl groups excluding tert-OH is 1. The van der Waals surface area contributed by atoms with Crippen molar-refractivity contribution in [2.45, 2.75) is 0 Å². The Morgan fingerprint density at radius 1 is 1.28 bits per heavy atom. The number of carbonyl (C=O) groups is 1. The summed E-state index contributed by atoms with van der Waals surface area (Å²) in [6, 6.07) is 14.2. The molecular weight excluding hydrogens is 394 g/mol. The lowest BCUT2D eigenvalue weighted by Gasteiger charge is -2.08. The Balaban J connectivity index is 1.53. The number of fused-ring (bicyclic) bond motifs is 1. The second kappa shape index (κ2) is 7.94. The summed E-state index contributed by atoms with van der Waals surface area (Å²) in [7, 11) is 1.78. The summed E-state index contributed by atoms with van der Waals surface area (Å²) >= 11 is 6.14. The molecule has 8 nitrogen and oxygen atoms in total. The Labute approximate surface area is 171 Å². The maximum atomic E-state index is 12.6. The molecule has 2 aromatic carbocycles. The van der Waals surface area contributed by atoms with Crippen LogP contribution in [0.1, 0.15) is 10.4 Å². The lowest BCUT2D eigenvalue weighted by atomic mass is 10.2. The van der Waals surface area contributed by atoms with Crippen LogP contribution in [0.2, 0.25) is 5.02 Å². The van der Waals surface area contributed by atoms with Crippen LogP contribution in [0.25, 0.3) is 22.6 Å². The fourth-order valence-electron chi connectivity index (χ4n) is 2.93. The average Bonchev–Trinajstić information content (AvgIpc) is 3.29. The normalized spacial score (nSPS) is 11.0. The van der Waals surface area contributed by atoms with Crippen LogP contribution in [-0.2, 0) is 7.05 Å². The van der Waals surface area contributed by atoms with Crippen molar-refractivity contribution in [1.29, 1.82) is 0 Å². The smallest absolute Gasteiger partial charge is 0.256 e. The number of rotatable bonds is 6. The fraction of sp³-hybridized carbons (Fsp3) is 0.150. The third-order valence-corrected chi connectivity index (χ3v) is 4.59. The molecule has 148 valence electrons. The molecule has 2 heterocycles. The number of imidazole rings is 1. The van der Waals surface area contributed by atoms with Gasteiger partial charge in [-0.25, -0.2) is 4.98 Å². The number of aliphatic hydroxyl groups is 1. The number of aromatic amines is 1. The van der Waals surface area contributed by atoms with Crippen LogP contribution < -0.4 is 10.1 Å². The van der Waals surface area contributed by atoms with Crippen molar-refractivity contribution in [1.82, 2.24) is 19.7 Å². The monoisotopic (exact) mass is 411 g/mol. The number of para-hydroxylation sites is 2. The third-order valence-electron chi connectivity index (χ3n) is 4.30. The van der Waals surface area contributed by atoms with Gasteiger partial charge in [0, 0.05) is 18.7 Å². The summed E-state index contributed by atoms with van der Waals surface area (Å²) in [6.45, 7) is 0.00950. The van der Waals surface area contributed by atoms with E-state index in [4.69, 9.17) is 21.4 Å². The molecule has 0 saturated carbocycles. The topological polar surface area (TPSA) is 105 Å². The van der Waals surface area contributed by atoms with Crippen LogP contribution in [0.3, 0.4) is 0 Å². The molecule has 0 aliphatic carbocycles. The SMILES string of the molecule is Cn1nc(NC(=O)c2ccc(OCCO)c(Cl)c2)cc1-c1nc2ccccc2[nH]1. The van der Waals surface area contributed by atoms with E-state index in [-0.39, 0.29) is 24.1 Å². The van der Waals surface area contributed by atoms with Gasteiger partial charge in [0.25, 0.3) is 5.91 Å². The van der Waals surface area contributed by atoms with Gasteiger partial charge < -0.3 is 20.1 Å². The predicted molar refractivity (Wildman–Crippen MR) is 110 cm³/mol. The van der Waals surface area contributed by atoms with E-state index in [0.29, 0.717) is 23.0 Å². The molecule has 0 fully saturated rings. The summed E-state index contributed by atoms with van der Waals surface area (Å²) in [6.07, 6.45) is 0. The highest BCUT2D eigenvalue weighted by atomic mass is 35.5. The van der Waals surface area contributed by atoms with Gasteiger partial charge in [0.2, 0.25) is 0 Å². The first-order chi connectivity index (χ1) is 14.0. The fourth-order valence-corrected chi connectivity index (χ4v) is 3.16. The zero-order valence-corrected chi connectivity index (χ0v) is 16.3. The minimum atomic E-state index is -0.352. The van der Waals surface area contributed by atoms with Crippen LogP contribution in [0.4, 0.5) is 5.82 Å². The average molecular weight is 412 g/mol. The van der Waals surface area contributed by atoms with Crippen molar-refractivity contribution in [3.05, 3.63) is 59.1 Å². The molecule has 0 unspecified atom stereocenters. The number of hydrogen-bond donors (Lipinski definition) is 3. The molecule has 4 rings (SSSR count). The van der Waals surface area contributed by atoms with E-state index in [1.807, 2.05) is 24.3 Å². The van der Waals surface area contributed by atoms with Crippen LogP contribution in [0.5, 0.6) is 5.75 Å².